The molecule has 15 nitrogen and oxygen atoms in total. The quantitative estimate of drug-likeness (QED) is 0.0886. The SMILES string of the molecule is CO/N=C(\C(=O)NC1C(=O)N2C(C(=O)[O-])=C(CSC3NC(=O)C(=O)N[NH+]3C)CS[C@H]12)c1csc(N)n1. The molecule has 4 amide bonds. The standard InChI is InChI=1S/C18H20N8O7S3/c1-25-18(22-12(28)13(29)23-25)36-4-6-3-34-15-9(14(30)26(15)10(6)16(31)32)21-11(27)8(24-33-2)7-5-35-17(19)20-7/h5,9,15,18H,3-4H2,1-2H3,(H2,19,20)(H,21,27)(H,22,28)(H,23,29)(H,31,32)/b24-8-/t9?,15-,18?/m1/s1. The van der Waals surface area contributed by atoms with Crippen molar-refractivity contribution in [3.8, 4) is 0 Å². The normalized spacial score (nSPS) is 26.0. The first-order valence-corrected chi connectivity index (χ1v) is 13.2. The number of aromatic nitrogens is 1. The highest BCUT2D eigenvalue weighted by molar-refractivity contribution is 8.01. The van der Waals surface area contributed by atoms with Crippen LogP contribution in [0.3, 0.4) is 0 Å². The van der Waals surface area contributed by atoms with Gasteiger partial charge in [0.2, 0.25) is 5.50 Å². The summed E-state index contributed by atoms with van der Waals surface area (Å²) < 4.78 is 0. The van der Waals surface area contributed by atoms with Gasteiger partial charge >= 0.3 is 11.8 Å². The molecule has 0 aliphatic carbocycles. The van der Waals surface area contributed by atoms with Gasteiger partial charge in [0.05, 0.1) is 18.7 Å². The molecule has 2 fully saturated rings. The number of hydrogen-bond acceptors (Lipinski definition) is 13. The van der Waals surface area contributed by atoms with Crippen molar-refractivity contribution in [2.75, 3.05) is 31.4 Å². The molecule has 0 saturated carbocycles. The number of nitrogens with zero attached hydrogens (tertiary/aromatic N) is 3. The van der Waals surface area contributed by atoms with Gasteiger partial charge in [-0.15, -0.1) is 23.1 Å². The zero-order chi connectivity index (χ0) is 26.1. The van der Waals surface area contributed by atoms with Gasteiger partial charge in [0.25, 0.3) is 11.8 Å². The van der Waals surface area contributed by atoms with E-state index in [9.17, 15) is 29.1 Å². The molecule has 1 aromatic heterocycles. The Morgan fingerprint density at radius 1 is 1.42 bits per heavy atom. The highest BCUT2D eigenvalue weighted by Gasteiger charge is 2.53. The van der Waals surface area contributed by atoms with Gasteiger partial charge in [0, 0.05) is 16.9 Å². The fourth-order valence-electron chi connectivity index (χ4n) is 3.63. The molecule has 0 aromatic carbocycles. The summed E-state index contributed by atoms with van der Waals surface area (Å²) in [6, 6.07) is -1.01. The van der Waals surface area contributed by atoms with Gasteiger partial charge in [-0.05, 0) is 5.57 Å². The Bertz CT molecular complexity index is 1200. The number of thioether (sulfide) groups is 2. The minimum Gasteiger partial charge on any atom is -0.543 e. The van der Waals surface area contributed by atoms with Crippen molar-refractivity contribution in [3.63, 3.8) is 0 Å². The monoisotopic (exact) mass is 556 g/mol. The van der Waals surface area contributed by atoms with E-state index in [1.54, 1.807) is 7.05 Å². The van der Waals surface area contributed by atoms with Crippen LogP contribution < -0.4 is 31.9 Å². The number of nitrogens with two attached hydrogens (primary N) is 1. The predicted octanol–water partition coefficient (Wildman–Crippen LogP) is -4.83. The lowest BCUT2D eigenvalue weighted by atomic mass is 10.0. The first kappa shape index (κ1) is 25.7. The van der Waals surface area contributed by atoms with Crippen molar-refractivity contribution < 1.29 is 38.9 Å². The molecule has 36 heavy (non-hydrogen) atoms. The summed E-state index contributed by atoms with van der Waals surface area (Å²) in [5.41, 5.74) is 7.63. The van der Waals surface area contributed by atoms with E-state index in [0.717, 1.165) is 16.2 Å². The molecule has 18 heteroatoms. The van der Waals surface area contributed by atoms with Crippen molar-refractivity contribution in [1.29, 1.82) is 0 Å². The number of carboxylic acid groups (broad SMARTS) is 1. The maximum Gasteiger partial charge on any atom is 0.354 e. The summed E-state index contributed by atoms with van der Waals surface area (Å²) in [6.45, 7) is 0. The lowest BCUT2D eigenvalue weighted by Crippen LogP contribution is -3.23. The largest absolute Gasteiger partial charge is 0.543 e. The number of nitrogens with one attached hydrogen (secondary N) is 4. The van der Waals surface area contributed by atoms with Gasteiger partial charge in [-0.3, -0.25) is 29.4 Å². The topological polar surface area (TPSA) is 213 Å². The average Bonchev–Trinajstić information content (AvgIpc) is 3.27. The third-order valence-corrected chi connectivity index (χ3v) is 8.62. The summed E-state index contributed by atoms with van der Waals surface area (Å²) in [7, 11) is 2.88. The van der Waals surface area contributed by atoms with Crippen LogP contribution in [0.15, 0.2) is 21.8 Å². The van der Waals surface area contributed by atoms with E-state index in [2.05, 4.69) is 26.2 Å². The van der Waals surface area contributed by atoms with E-state index in [1.807, 2.05) is 0 Å². The van der Waals surface area contributed by atoms with Crippen molar-refractivity contribution in [2.24, 2.45) is 5.16 Å². The molecule has 0 spiro atoms. The number of hydrogen-bond donors (Lipinski definition) is 5. The molecule has 1 aromatic rings. The second kappa shape index (κ2) is 10.3. The van der Waals surface area contributed by atoms with Gasteiger partial charge in [-0.1, -0.05) is 16.9 Å². The van der Waals surface area contributed by atoms with Crippen LogP contribution in [0.1, 0.15) is 5.69 Å². The summed E-state index contributed by atoms with van der Waals surface area (Å²) >= 11 is 3.56. The van der Waals surface area contributed by atoms with E-state index in [1.165, 1.54) is 36.0 Å². The van der Waals surface area contributed by atoms with E-state index < -0.39 is 46.5 Å². The smallest absolute Gasteiger partial charge is 0.354 e. The Balaban J connectivity index is 1.46. The van der Waals surface area contributed by atoms with Crippen LogP contribution in [0.25, 0.3) is 0 Å². The number of fused-ring (bicyclic) bond motifs is 1. The molecule has 3 aliphatic rings. The Kier molecular flexibility index (Phi) is 7.38. The number of anilines is 1. The first-order valence-electron chi connectivity index (χ1n) is 10.2. The van der Waals surface area contributed by atoms with Crippen molar-refractivity contribution >= 4 is 75.3 Å². The molecule has 0 radical (unpaired) electrons. The van der Waals surface area contributed by atoms with Gasteiger partial charge in [0.1, 0.15) is 24.2 Å². The number of rotatable bonds is 8. The Labute approximate surface area is 215 Å². The Hall–Kier alpha value is -3.35. The molecule has 3 unspecified atom stereocenters. The van der Waals surface area contributed by atoms with Crippen LogP contribution in [-0.2, 0) is 28.8 Å². The molecular weight excluding hydrogens is 536 g/mol. The molecule has 4 rings (SSSR count). The predicted molar refractivity (Wildman–Crippen MR) is 127 cm³/mol. The minimum atomic E-state index is -1.53. The van der Waals surface area contributed by atoms with Crippen LogP contribution >= 0.6 is 34.9 Å². The van der Waals surface area contributed by atoms with Crippen LogP contribution in [0.5, 0.6) is 0 Å². The molecule has 0 bridgehead atoms. The lowest BCUT2D eigenvalue weighted by Gasteiger charge is -2.50. The number of carbonyl (C=O) groups excluding carboxylic acids is 5. The van der Waals surface area contributed by atoms with Crippen molar-refractivity contribution in [1.82, 2.24) is 25.9 Å². The van der Waals surface area contributed by atoms with Gasteiger partial charge < -0.3 is 25.8 Å². The fourth-order valence-corrected chi connectivity index (χ4v) is 6.76. The highest BCUT2D eigenvalue weighted by Crippen LogP contribution is 2.41. The van der Waals surface area contributed by atoms with E-state index in [0.29, 0.717) is 10.6 Å². The molecule has 6 N–H and O–H groups in total. The van der Waals surface area contributed by atoms with Crippen LogP contribution in [0.4, 0.5) is 5.13 Å². The molecule has 4 atom stereocenters. The summed E-state index contributed by atoms with van der Waals surface area (Å²) in [4.78, 5) is 70.6. The number of thiazole rings is 1. The average molecular weight is 557 g/mol. The number of nitrogen functional groups attached to an aromatic ring is 1. The number of aliphatic carboxylic acids is 1. The van der Waals surface area contributed by atoms with Gasteiger partial charge in [-0.25, -0.2) is 9.99 Å². The summed E-state index contributed by atoms with van der Waals surface area (Å²) in [6.07, 6.45) is 0. The highest BCUT2D eigenvalue weighted by atomic mass is 32.2. The molecular formula is C18H20N8O7S3. The Morgan fingerprint density at radius 2 is 2.17 bits per heavy atom. The second-order valence-electron chi connectivity index (χ2n) is 7.60. The molecule has 4 heterocycles. The van der Waals surface area contributed by atoms with E-state index >= 15 is 0 Å². The number of quaternary nitrogens is 1. The number of oxime groups is 1. The molecule has 2 saturated heterocycles. The van der Waals surface area contributed by atoms with E-state index in [4.69, 9.17) is 10.6 Å². The van der Waals surface area contributed by atoms with Crippen molar-refractivity contribution in [3.05, 3.63) is 22.3 Å². The fraction of sp³-hybridized carbons (Fsp3) is 0.389. The lowest BCUT2D eigenvalue weighted by molar-refractivity contribution is -0.930. The maximum atomic E-state index is 12.9. The summed E-state index contributed by atoms with van der Waals surface area (Å²) in [5, 5.41) is 22.3. The van der Waals surface area contributed by atoms with Gasteiger partial charge in [0.15, 0.2) is 10.8 Å². The van der Waals surface area contributed by atoms with Crippen LogP contribution in [0, 0.1) is 0 Å². The van der Waals surface area contributed by atoms with E-state index in [-0.39, 0.29) is 33.7 Å². The van der Waals surface area contributed by atoms with Gasteiger partial charge in [-0.2, -0.15) is 5.43 Å². The number of β-lactam (4-membered cyclic amide) rings is 1. The third kappa shape index (κ3) is 4.84. The third-order valence-electron chi connectivity index (χ3n) is 5.29. The maximum absolute atomic E-state index is 12.9. The van der Waals surface area contributed by atoms with Crippen LogP contribution in [0.2, 0.25) is 0 Å². The zero-order valence-corrected chi connectivity index (χ0v) is 21.2. The molecule has 192 valence electrons. The first-order chi connectivity index (χ1) is 17.1. The van der Waals surface area contributed by atoms with Crippen LogP contribution in [-0.4, -0.2) is 87.8 Å². The number of carboxylic acids is 1. The zero-order valence-electron chi connectivity index (χ0n) is 18.7. The second-order valence-corrected chi connectivity index (χ2v) is 10.7. The minimum absolute atomic E-state index is 0.151. The number of amides is 4. The Morgan fingerprint density at radius 3 is 2.81 bits per heavy atom. The summed E-state index contributed by atoms with van der Waals surface area (Å²) in [5.74, 6) is -4.07. The molecule has 3 aliphatic heterocycles. The number of carbonyl (C=O) groups is 5. The van der Waals surface area contributed by atoms with Crippen molar-refractivity contribution in [2.45, 2.75) is 16.9 Å².